The Balaban J connectivity index is 1.69. The first-order chi connectivity index (χ1) is 10.2. The summed E-state index contributed by atoms with van der Waals surface area (Å²) < 4.78 is 11.3. The summed E-state index contributed by atoms with van der Waals surface area (Å²) in [4.78, 5) is 12.7. The molecule has 2 aromatic rings. The maximum atomic E-state index is 12.7. The van der Waals surface area contributed by atoms with Crippen molar-refractivity contribution in [2.75, 3.05) is 0 Å². The molecule has 2 unspecified atom stereocenters. The van der Waals surface area contributed by atoms with Crippen molar-refractivity contribution in [2.24, 2.45) is 0 Å². The Labute approximate surface area is 122 Å². The highest BCUT2D eigenvalue weighted by molar-refractivity contribution is 6.09. The molecular formula is C18H14O3. The van der Waals surface area contributed by atoms with Crippen LogP contribution in [0.5, 0.6) is 5.75 Å². The lowest BCUT2D eigenvalue weighted by Crippen LogP contribution is -2.32. The van der Waals surface area contributed by atoms with Crippen molar-refractivity contribution in [3.05, 3.63) is 71.3 Å². The number of carbonyl (C=O) groups excluding carboxylic acids is 1. The minimum Gasteiger partial charge on any atom is -0.460 e. The van der Waals surface area contributed by atoms with E-state index >= 15 is 0 Å². The van der Waals surface area contributed by atoms with Crippen LogP contribution in [0.25, 0.3) is 6.08 Å². The first-order valence-corrected chi connectivity index (χ1v) is 6.93. The summed E-state index contributed by atoms with van der Waals surface area (Å²) in [7, 11) is 0. The van der Waals surface area contributed by atoms with Crippen molar-refractivity contribution in [3.63, 3.8) is 0 Å². The predicted molar refractivity (Wildman–Crippen MR) is 79.2 cm³/mol. The van der Waals surface area contributed by atoms with Gasteiger partial charge in [-0.25, -0.2) is 0 Å². The molecule has 0 spiro atoms. The van der Waals surface area contributed by atoms with Crippen molar-refractivity contribution >= 4 is 11.9 Å². The van der Waals surface area contributed by atoms with Gasteiger partial charge in [0.25, 0.3) is 0 Å². The van der Waals surface area contributed by atoms with Gasteiger partial charge >= 0.3 is 0 Å². The van der Waals surface area contributed by atoms with Gasteiger partial charge in [-0.2, -0.15) is 0 Å². The van der Waals surface area contributed by atoms with Gasteiger partial charge in [0, 0.05) is 0 Å². The molecule has 0 amide bonds. The van der Waals surface area contributed by atoms with Crippen LogP contribution in [0, 0.1) is 6.92 Å². The topological polar surface area (TPSA) is 38.8 Å². The number of ketones is 1. The lowest BCUT2D eigenvalue weighted by atomic mass is 9.92. The maximum absolute atomic E-state index is 12.7. The third-order valence-corrected chi connectivity index (χ3v) is 3.89. The van der Waals surface area contributed by atoms with Crippen molar-refractivity contribution < 1.29 is 14.3 Å². The molecule has 0 bridgehead atoms. The maximum Gasteiger partial charge on any atom is 0.242 e. The number of hydrogen-bond donors (Lipinski definition) is 0. The number of aryl methyl sites for hydroxylation is 1. The van der Waals surface area contributed by atoms with Crippen LogP contribution in [-0.4, -0.2) is 17.7 Å². The Morgan fingerprint density at radius 1 is 1.14 bits per heavy atom. The Hall–Kier alpha value is -2.39. The summed E-state index contributed by atoms with van der Waals surface area (Å²) >= 11 is 0. The molecule has 3 heteroatoms. The van der Waals surface area contributed by atoms with E-state index in [-0.39, 0.29) is 5.78 Å². The molecule has 1 fully saturated rings. The minimum atomic E-state index is -0.948. The van der Waals surface area contributed by atoms with Crippen LogP contribution in [0.1, 0.15) is 21.5 Å². The fourth-order valence-electron chi connectivity index (χ4n) is 2.64. The second-order valence-corrected chi connectivity index (χ2v) is 5.43. The summed E-state index contributed by atoms with van der Waals surface area (Å²) in [6, 6.07) is 15.5. The molecule has 3 nitrogen and oxygen atoms in total. The second-order valence-electron chi connectivity index (χ2n) is 5.43. The van der Waals surface area contributed by atoms with E-state index in [0.717, 1.165) is 11.1 Å². The first-order valence-electron chi connectivity index (χ1n) is 6.93. The van der Waals surface area contributed by atoms with Crippen molar-refractivity contribution in [3.8, 4) is 5.75 Å². The highest BCUT2D eigenvalue weighted by Gasteiger charge is 2.66. The Morgan fingerprint density at radius 3 is 2.76 bits per heavy atom. The normalized spacial score (nSPS) is 26.1. The van der Waals surface area contributed by atoms with Crippen LogP contribution in [-0.2, 0) is 4.74 Å². The molecule has 104 valence electrons. The number of Topliss-reactive ketones (excluding diaryl/α,β-unsaturated/α-hetero) is 1. The van der Waals surface area contributed by atoms with E-state index in [9.17, 15) is 4.79 Å². The van der Waals surface area contributed by atoms with Crippen LogP contribution in [0.3, 0.4) is 0 Å². The summed E-state index contributed by atoms with van der Waals surface area (Å²) in [6.45, 7) is 1.96. The van der Waals surface area contributed by atoms with Gasteiger partial charge in [0.2, 0.25) is 17.7 Å². The number of ether oxygens (including phenoxy) is 2. The van der Waals surface area contributed by atoms with Gasteiger partial charge in [0.1, 0.15) is 5.75 Å². The van der Waals surface area contributed by atoms with E-state index in [2.05, 4.69) is 0 Å². The number of carbonyl (C=O) groups is 1. The Morgan fingerprint density at radius 2 is 1.95 bits per heavy atom. The summed E-state index contributed by atoms with van der Waals surface area (Å²) in [6.07, 6.45) is 3.21. The molecule has 0 N–H and O–H groups in total. The summed E-state index contributed by atoms with van der Waals surface area (Å²) in [5.41, 5.74) is 1.72. The van der Waals surface area contributed by atoms with Gasteiger partial charge in [0.05, 0.1) is 5.56 Å². The van der Waals surface area contributed by atoms with Gasteiger partial charge in [-0.15, -0.1) is 0 Å². The molecule has 1 saturated heterocycles. The van der Waals surface area contributed by atoms with E-state index in [0.29, 0.717) is 11.3 Å². The lowest BCUT2D eigenvalue weighted by Gasteiger charge is -2.17. The molecule has 0 aliphatic carbocycles. The minimum absolute atomic E-state index is 0.0235. The Bertz CT molecular complexity index is 748. The fourth-order valence-corrected chi connectivity index (χ4v) is 2.64. The number of rotatable bonds is 2. The molecule has 2 aliphatic heterocycles. The van der Waals surface area contributed by atoms with Crippen LogP contribution < -0.4 is 4.74 Å². The summed E-state index contributed by atoms with van der Waals surface area (Å²) in [5.74, 6) is 0.585. The third kappa shape index (κ3) is 1.89. The Kier molecular flexibility index (Phi) is 2.53. The smallest absolute Gasteiger partial charge is 0.242 e. The highest BCUT2D eigenvalue weighted by atomic mass is 16.8. The SMILES string of the molecule is Cc1ccc2c(c1)C(=O)C1(/C=C/c3ccccc3)OC1O2. The molecular weight excluding hydrogens is 264 g/mol. The van der Waals surface area contributed by atoms with Crippen molar-refractivity contribution in [1.29, 1.82) is 0 Å². The fraction of sp³-hybridized carbons (Fsp3) is 0.167. The van der Waals surface area contributed by atoms with E-state index in [1.807, 2.05) is 61.5 Å². The van der Waals surface area contributed by atoms with Gasteiger partial charge < -0.3 is 9.47 Å². The molecule has 2 atom stereocenters. The van der Waals surface area contributed by atoms with E-state index < -0.39 is 11.9 Å². The average Bonchev–Trinajstić information content (AvgIpc) is 3.22. The van der Waals surface area contributed by atoms with Crippen molar-refractivity contribution in [1.82, 2.24) is 0 Å². The van der Waals surface area contributed by atoms with E-state index in [1.54, 1.807) is 6.08 Å². The third-order valence-electron chi connectivity index (χ3n) is 3.89. The molecule has 2 aromatic carbocycles. The second kappa shape index (κ2) is 4.30. The van der Waals surface area contributed by atoms with Gasteiger partial charge in [0.15, 0.2) is 0 Å². The van der Waals surface area contributed by atoms with Gasteiger partial charge in [-0.1, -0.05) is 48.0 Å². The standard InChI is InChI=1S/C18H14O3/c1-12-7-8-15-14(11-12)16(19)18(17(20-15)21-18)10-9-13-5-3-2-4-6-13/h2-11,17H,1H3/b10-9+. The van der Waals surface area contributed by atoms with Gasteiger partial charge in [-0.3, -0.25) is 4.79 Å². The molecule has 2 aliphatic rings. The van der Waals surface area contributed by atoms with Gasteiger partial charge in [-0.05, 0) is 30.7 Å². The van der Waals surface area contributed by atoms with E-state index in [4.69, 9.17) is 9.47 Å². The molecule has 21 heavy (non-hydrogen) atoms. The highest BCUT2D eigenvalue weighted by Crippen LogP contribution is 2.48. The van der Waals surface area contributed by atoms with E-state index in [1.165, 1.54) is 0 Å². The largest absolute Gasteiger partial charge is 0.460 e. The molecule has 0 aromatic heterocycles. The molecule has 0 radical (unpaired) electrons. The zero-order valence-electron chi connectivity index (χ0n) is 11.6. The zero-order chi connectivity index (χ0) is 14.4. The number of benzene rings is 2. The average molecular weight is 278 g/mol. The monoisotopic (exact) mass is 278 g/mol. The predicted octanol–water partition coefficient (Wildman–Crippen LogP) is 3.38. The molecule has 2 heterocycles. The number of hydrogen-bond acceptors (Lipinski definition) is 3. The number of fused-ring (bicyclic) bond motifs is 2. The van der Waals surface area contributed by atoms with Crippen LogP contribution in [0.2, 0.25) is 0 Å². The molecule has 4 rings (SSSR count). The van der Waals surface area contributed by atoms with Crippen LogP contribution >= 0.6 is 0 Å². The quantitative estimate of drug-likeness (QED) is 0.790. The summed E-state index contributed by atoms with van der Waals surface area (Å²) in [5, 5.41) is 0. The number of epoxide rings is 1. The first kappa shape index (κ1) is 12.4. The lowest BCUT2D eigenvalue weighted by molar-refractivity contribution is 0.0902. The molecule has 0 saturated carbocycles. The van der Waals surface area contributed by atoms with Crippen LogP contribution in [0.15, 0.2) is 54.6 Å². The van der Waals surface area contributed by atoms with Crippen LogP contribution in [0.4, 0.5) is 0 Å². The van der Waals surface area contributed by atoms with Crippen molar-refractivity contribution in [2.45, 2.75) is 18.8 Å². The zero-order valence-corrected chi connectivity index (χ0v) is 11.6.